The van der Waals surface area contributed by atoms with Crippen molar-refractivity contribution in [3.8, 4) is 0 Å². The van der Waals surface area contributed by atoms with E-state index in [-0.39, 0.29) is 0 Å². The lowest BCUT2D eigenvalue weighted by Gasteiger charge is -2.01. The first-order chi connectivity index (χ1) is 4.61. The first-order valence-electron chi connectivity index (χ1n) is 2.34. The third-order valence-corrected chi connectivity index (χ3v) is 0.804. The fraction of sp³-hybridized carbons (Fsp3) is 0.167. The molecule has 0 atom stereocenters. The van der Waals surface area contributed by atoms with Crippen LogP contribution in [0.5, 0.6) is 0 Å². The van der Waals surface area contributed by atoms with Crippen LogP contribution < -0.4 is 0 Å². The summed E-state index contributed by atoms with van der Waals surface area (Å²) >= 11 is 0. The number of hydrogen-bond donors (Lipinski definition) is 0. The Balaban J connectivity index is 2.97. The predicted octanol–water partition coefficient (Wildman–Crippen LogP) is 1.50. The lowest BCUT2D eigenvalue weighted by atomic mass is 10.3. The van der Waals surface area contributed by atoms with E-state index < -0.39 is 11.9 Å². The van der Waals surface area contributed by atoms with Crippen LogP contribution in [-0.4, -0.2) is 4.98 Å². The number of alkyl halides is 3. The SMILES string of the molecule is FC(F)(F)c1c[c][c][c]n1. The highest BCUT2D eigenvalue weighted by atomic mass is 19.4. The Bertz CT molecular complexity index is 204. The molecule has 0 saturated carbocycles. The maximum Gasteiger partial charge on any atom is 0.433 e. The summed E-state index contributed by atoms with van der Waals surface area (Å²) in [6.07, 6.45) is -2.48. The Morgan fingerprint density at radius 3 is 2.40 bits per heavy atom. The summed E-state index contributed by atoms with van der Waals surface area (Å²) in [5, 5.41) is 0. The van der Waals surface area contributed by atoms with E-state index in [2.05, 4.69) is 17.1 Å². The molecule has 0 spiro atoms. The molecule has 1 rings (SSSR count). The van der Waals surface area contributed by atoms with E-state index in [1.54, 1.807) is 0 Å². The summed E-state index contributed by atoms with van der Waals surface area (Å²) in [7, 11) is 0. The second kappa shape index (κ2) is 2.28. The summed E-state index contributed by atoms with van der Waals surface area (Å²) in [6.45, 7) is 0. The summed E-state index contributed by atoms with van der Waals surface area (Å²) in [5.41, 5.74) is -0.994. The molecular weight excluding hydrogens is 143 g/mol. The maximum absolute atomic E-state index is 11.7. The van der Waals surface area contributed by atoms with Crippen molar-refractivity contribution in [3.63, 3.8) is 0 Å². The highest BCUT2D eigenvalue weighted by molar-refractivity contribution is 5.03. The Kier molecular flexibility index (Phi) is 1.61. The molecule has 0 aliphatic carbocycles. The fourth-order valence-electron chi connectivity index (χ4n) is 0.402. The number of hydrogen-bond acceptors (Lipinski definition) is 1. The van der Waals surface area contributed by atoms with E-state index >= 15 is 0 Å². The Labute approximate surface area is 55.5 Å². The standard InChI is InChI=1S/C6HF3N/c7-6(8,9)5-3-1-2-4-10-5/h3H. The van der Waals surface area contributed by atoms with Gasteiger partial charge in [-0.2, -0.15) is 13.2 Å². The zero-order valence-corrected chi connectivity index (χ0v) is 4.66. The van der Waals surface area contributed by atoms with Gasteiger partial charge in [-0.1, -0.05) is 0 Å². The van der Waals surface area contributed by atoms with Crippen molar-refractivity contribution >= 4 is 0 Å². The number of rotatable bonds is 0. The van der Waals surface area contributed by atoms with Crippen LogP contribution in [0.25, 0.3) is 0 Å². The van der Waals surface area contributed by atoms with E-state index in [0.717, 1.165) is 6.07 Å². The van der Waals surface area contributed by atoms with Crippen LogP contribution in [0.1, 0.15) is 5.69 Å². The van der Waals surface area contributed by atoms with Crippen LogP contribution in [0.3, 0.4) is 0 Å². The zero-order valence-electron chi connectivity index (χ0n) is 4.66. The molecule has 1 heterocycles. The minimum Gasteiger partial charge on any atom is -0.241 e. The van der Waals surface area contributed by atoms with Gasteiger partial charge in [-0.25, -0.2) is 4.98 Å². The van der Waals surface area contributed by atoms with Gasteiger partial charge in [0, 0.05) is 6.07 Å². The minimum absolute atomic E-state index is 0.719. The fourth-order valence-corrected chi connectivity index (χ4v) is 0.402. The molecular formula is C6HF3N. The molecule has 10 heavy (non-hydrogen) atoms. The van der Waals surface area contributed by atoms with Gasteiger partial charge in [0.2, 0.25) is 0 Å². The molecule has 1 aromatic heterocycles. The third kappa shape index (κ3) is 1.46. The average Bonchev–Trinajstić information content (AvgIpc) is 1.88. The Morgan fingerprint density at radius 1 is 1.40 bits per heavy atom. The van der Waals surface area contributed by atoms with E-state index in [0.29, 0.717) is 0 Å². The van der Waals surface area contributed by atoms with Gasteiger partial charge in [-0.3, -0.25) is 0 Å². The van der Waals surface area contributed by atoms with E-state index in [9.17, 15) is 13.2 Å². The van der Waals surface area contributed by atoms with Gasteiger partial charge < -0.3 is 0 Å². The van der Waals surface area contributed by atoms with Gasteiger partial charge in [0.25, 0.3) is 0 Å². The summed E-state index contributed by atoms with van der Waals surface area (Å²) in [5.74, 6) is 0. The lowest BCUT2D eigenvalue weighted by molar-refractivity contribution is -0.141. The highest BCUT2D eigenvalue weighted by Gasteiger charge is 2.31. The molecule has 0 fully saturated rings. The largest absolute Gasteiger partial charge is 0.433 e. The van der Waals surface area contributed by atoms with Crippen LogP contribution in [0.15, 0.2) is 6.07 Å². The summed E-state index contributed by atoms with van der Waals surface area (Å²) in [6, 6.07) is 4.97. The van der Waals surface area contributed by atoms with E-state index in [4.69, 9.17) is 0 Å². The van der Waals surface area contributed by atoms with Crippen molar-refractivity contribution in [2.45, 2.75) is 6.18 Å². The van der Waals surface area contributed by atoms with Gasteiger partial charge in [0.05, 0.1) is 6.20 Å². The molecule has 0 aliphatic heterocycles. The molecule has 0 amide bonds. The molecule has 1 aromatic rings. The topological polar surface area (TPSA) is 12.9 Å². The normalized spacial score (nSPS) is 11.5. The average molecular weight is 144 g/mol. The highest BCUT2D eigenvalue weighted by Crippen LogP contribution is 2.26. The molecule has 51 valence electrons. The van der Waals surface area contributed by atoms with Crippen LogP contribution in [0.4, 0.5) is 13.2 Å². The van der Waals surface area contributed by atoms with Gasteiger partial charge in [-0.05, 0) is 12.1 Å². The smallest absolute Gasteiger partial charge is 0.241 e. The van der Waals surface area contributed by atoms with Gasteiger partial charge >= 0.3 is 6.18 Å². The number of halogens is 3. The molecule has 1 nitrogen and oxygen atoms in total. The zero-order chi connectivity index (χ0) is 7.61. The second-order valence-electron chi connectivity index (χ2n) is 1.52. The van der Waals surface area contributed by atoms with Crippen LogP contribution >= 0.6 is 0 Å². The predicted molar refractivity (Wildman–Crippen MR) is 25.7 cm³/mol. The van der Waals surface area contributed by atoms with Gasteiger partial charge in [0.1, 0.15) is 5.69 Å². The van der Waals surface area contributed by atoms with Crippen molar-refractivity contribution in [2.24, 2.45) is 0 Å². The van der Waals surface area contributed by atoms with Crippen molar-refractivity contribution in [1.29, 1.82) is 0 Å². The molecule has 0 aromatic carbocycles. The van der Waals surface area contributed by atoms with E-state index in [1.807, 2.05) is 6.20 Å². The molecule has 0 unspecified atom stereocenters. The number of nitrogens with zero attached hydrogens (tertiary/aromatic N) is 1. The van der Waals surface area contributed by atoms with E-state index in [1.165, 1.54) is 0 Å². The minimum atomic E-state index is -4.40. The number of pyridine rings is 1. The third-order valence-electron chi connectivity index (χ3n) is 0.804. The molecule has 0 N–H and O–H groups in total. The molecule has 0 bridgehead atoms. The van der Waals surface area contributed by atoms with Crippen LogP contribution in [-0.2, 0) is 6.18 Å². The Hall–Kier alpha value is -1.06. The van der Waals surface area contributed by atoms with Gasteiger partial charge in [-0.15, -0.1) is 0 Å². The van der Waals surface area contributed by atoms with Crippen molar-refractivity contribution in [3.05, 3.63) is 30.1 Å². The van der Waals surface area contributed by atoms with Gasteiger partial charge in [0.15, 0.2) is 0 Å². The van der Waals surface area contributed by atoms with Crippen molar-refractivity contribution < 1.29 is 13.2 Å². The van der Waals surface area contributed by atoms with Crippen molar-refractivity contribution in [1.82, 2.24) is 4.98 Å². The molecule has 3 radical (unpaired) electrons. The molecule has 0 aliphatic rings. The van der Waals surface area contributed by atoms with Crippen LogP contribution in [0.2, 0.25) is 0 Å². The molecule has 4 heteroatoms. The number of aromatic nitrogens is 1. The lowest BCUT2D eigenvalue weighted by Crippen LogP contribution is -2.06. The first-order valence-corrected chi connectivity index (χ1v) is 2.34. The maximum atomic E-state index is 11.7. The summed E-state index contributed by atoms with van der Waals surface area (Å²) < 4.78 is 35.0. The quantitative estimate of drug-likeness (QED) is 0.537. The first kappa shape index (κ1) is 7.05. The van der Waals surface area contributed by atoms with Crippen LogP contribution in [0, 0.1) is 18.3 Å². The monoisotopic (exact) mass is 144 g/mol. The molecule has 0 saturated heterocycles. The summed E-state index contributed by atoms with van der Waals surface area (Å²) in [4.78, 5) is 2.91. The second-order valence-corrected chi connectivity index (χ2v) is 1.52. The Morgan fingerprint density at radius 2 is 2.10 bits per heavy atom. The van der Waals surface area contributed by atoms with Crippen molar-refractivity contribution in [2.75, 3.05) is 0 Å².